The molecular weight excluding hydrogens is 496 g/mol. The van der Waals surface area contributed by atoms with Crippen molar-refractivity contribution >= 4 is 21.5 Å². The molecule has 1 aliphatic heterocycles. The highest BCUT2D eigenvalue weighted by molar-refractivity contribution is 5.96. The Hall–Kier alpha value is -5.78. The lowest BCUT2D eigenvalue weighted by Gasteiger charge is -2.31. The van der Waals surface area contributed by atoms with Gasteiger partial charge in [0.1, 0.15) is 23.0 Å². The number of hydrogen-bond acceptors (Lipinski definition) is 5. The Morgan fingerprint density at radius 1 is 0.550 bits per heavy atom. The summed E-state index contributed by atoms with van der Waals surface area (Å²) in [4.78, 5) is 0. The first-order chi connectivity index (χ1) is 19.7. The van der Waals surface area contributed by atoms with E-state index in [1.807, 2.05) is 78.9 Å². The lowest BCUT2D eigenvalue weighted by Crippen LogP contribution is -2.13. The first kappa shape index (κ1) is 23.3. The van der Waals surface area contributed by atoms with Crippen LogP contribution in [-0.4, -0.2) is 0 Å². The molecule has 5 nitrogen and oxygen atoms in total. The third kappa shape index (κ3) is 3.86. The summed E-state index contributed by atoms with van der Waals surface area (Å²) in [5.41, 5.74) is 5.52. The van der Waals surface area contributed by atoms with Gasteiger partial charge in [0.2, 0.25) is 0 Å². The zero-order valence-corrected chi connectivity index (χ0v) is 21.2. The standard InChI is InChI=1S/C35H20N2O3/c36-20-38-27-12-14-29-25(18-27)10-16-31-34(29)33(24-8-6-23(7-9-24)22-4-2-1-3-5-22)35-30-15-13-28(39-21-37)19-26(30)11-17-32(35)40-31/h1-19,33H. The molecule has 0 atom stereocenters. The highest BCUT2D eigenvalue weighted by Crippen LogP contribution is 2.52. The first-order valence-corrected chi connectivity index (χ1v) is 12.8. The van der Waals surface area contributed by atoms with E-state index in [2.05, 4.69) is 36.4 Å². The summed E-state index contributed by atoms with van der Waals surface area (Å²) in [6, 6.07) is 38.3. The van der Waals surface area contributed by atoms with E-state index < -0.39 is 0 Å². The van der Waals surface area contributed by atoms with Crippen molar-refractivity contribution in [1.29, 1.82) is 10.5 Å². The number of ether oxygens (including phenoxy) is 3. The van der Waals surface area contributed by atoms with Crippen molar-refractivity contribution in [2.24, 2.45) is 0 Å². The van der Waals surface area contributed by atoms with Crippen molar-refractivity contribution in [2.75, 3.05) is 0 Å². The molecule has 0 spiro atoms. The van der Waals surface area contributed by atoms with Gasteiger partial charge in [-0.2, -0.15) is 0 Å². The van der Waals surface area contributed by atoms with Crippen LogP contribution in [0.5, 0.6) is 23.0 Å². The minimum absolute atomic E-state index is 0.138. The highest BCUT2D eigenvalue weighted by atomic mass is 16.5. The zero-order chi connectivity index (χ0) is 27.1. The molecule has 40 heavy (non-hydrogen) atoms. The van der Waals surface area contributed by atoms with Crippen molar-refractivity contribution in [3.05, 3.63) is 132 Å². The second kappa shape index (κ2) is 9.51. The lowest BCUT2D eigenvalue weighted by atomic mass is 9.78. The van der Waals surface area contributed by atoms with E-state index in [4.69, 9.17) is 24.7 Å². The molecule has 0 radical (unpaired) electrons. The van der Waals surface area contributed by atoms with E-state index in [1.165, 1.54) is 0 Å². The molecule has 1 aliphatic rings. The Balaban J connectivity index is 1.48. The molecule has 0 aliphatic carbocycles. The Bertz CT molecular complexity index is 1900. The largest absolute Gasteiger partial charge is 0.457 e. The van der Waals surface area contributed by atoms with Gasteiger partial charge in [-0.1, -0.05) is 78.9 Å². The van der Waals surface area contributed by atoms with Crippen molar-refractivity contribution in [3.8, 4) is 46.6 Å². The van der Waals surface area contributed by atoms with Crippen LogP contribution in [0.2, 0.25) is 0 Å². The Morgan fingerprint density at radius 3 is 1.60 bits per heavy atom. The molecule has 0 amide bonds. The molecule has 6 aromatic rings. The van der Waals surface area contributed by atoms with Gasteiger partial charge in [0.25, 0.3) is 12.5 Å². The van der Waals surface area contributed by atoms with Gasteiger partial charge in [-0.15, -0.1) is 10.5 Å². The molecule has 0 fully saturated rings. The summed E-state index contributed by atoms with van der Waals surface area (Å²) >= 11 is 0. The predicted octanol–water partition coefficient (Wildman–Crippen LogP) is 8.67. The van der Waals surface area contributed by atoms with Crippen LogP contribution in [0.3, 0.4) is 0 Å². The highest BCUT2D eigenvalue weighted by Gasteiger charge is 2.32. The van der Waals surface area contributed by atoms with E-state index in [1.54, 1.807) is 12.5 Å². The van der Waals surface area contributed by atoms with Gasteiger partial charge >= 0.3 is 0 Å². The number of nitrogens with zero attached hydrogens (tertiary/aromatic N) is 2. The number of rotatable bonds is 4. The minimum atomic E-state index is -0.138. The normalized spacial score (nSPS) is 12.1. The van der Waals surface area contributed by atoms with Crippen molar-refractivity contribution in [1.82, 2.24) is 0 Å². The van der Waals surface area contributed by atoms with Crippen molar-refractivity contribution in [2.45, 2.75) is 5.92 Å². The minimum Gasteiger partial charge on any atom is -0.457 e. The van der Waals surface area contributed by atoms with E-state index in [-0.39, 0.29) is 5.92 Å². The molecule has 1 heterocycles. The summed E-state index contributed by atoms with van der Waals surface area (Å²) in [7, 11) is 0. The Morgan fingerprint density at radius 2 is 1.07 bits per heavy atom. The molecule has 0 N–H and O–H groups in total. The maximum absolute atomic E-state index is 9.02. The van der Waals surface area contributed by atoms with Crippen LogP contribution >= 0.6 is 0 Å². The molecule has 0 saturated heterocycles. The number of benzene rings is 6. The second-order valence-corrected chi connectivity index (χ2v) is 9.63. The molecule has 0 aromatic heterocycles. The fraction of sp³-hybridized carbons (Fsp3) is 0.0286. The maximum Gasteiger partial charge on any atom is 0.292 e. The van der Waals surface area contributed by atoms with Crippen LogP contribution in [0, 0.1) is 23.0 Å². The molecule has 6 aromatic carbocycles. The van der Waals surface area contributed by atoms with E-state index in [0.29, 0.717) is 11.5 Å². The smallest absolute Gasteiger partial charge is 0.292 e. The zero-order valence-electron chi connectivity index (χ0n) is 21.2. The summed E-state index contributed by atoms with van der Waals surface area (Å²) in [6.45, 7) is 0. The van der Waals surface area contributed by atoms with Gasteiger partial charge in [-0.3, -0.25) is 0 Å². The molecule has 0 saturated carbocycles. The average molecular weight is 517 g/mol. The van der Waals surface area contributed by atoms with Gasteiger partial charge in [-0.05, 0) is 74.6 Å². The Labute approximate surface area is 230 Å². The monoisotopic (exact) mass is 516 g/mol. The van der Waals surface area contributed by atoms with Gasteiger partial charge in [0.15, 0.2) is 0 Å². The fourth-order valence-corrected chi connectivity index (χ4v) is 5.72. The van der Waals surface area contributed by atoms with Crippen LogP contribution in [0.25, 0.3) is 32.7 Å². The fourth-order valence-electron chi connectivity index (χ4n) is 5.72. The third-order valence-electron chi connectivity index (χ3n) is 7.46. The first-order valence-electron chi connectivity index (χ1n) is 12.8. The van der Waals surface area contributed by atoms with Crippen LogP contribution in [-0.2, 0) is 0 Å². The third-order valence-corrected chi connectivity index (χ3v) is 7.46. The summed E-state index contributed by atoms with van der Waals surface area (Å²) in [5.74, 6) is 2.42. The molecule has 188 valence electrons. The number of fused-ring (bicyclic) bond motifs is 6. The molecular formula is C35H20N2O3. The van der Waals surface area contributed by atoms with Gasteiger partial charge < -0.3 is 14.2 Å². The predicted molar refractivity (Wildman–Crippen MR) is 153 cm³/mol. The van der Waals surface area contributed by atoms with Gasteiger partial charge in [0, 0.05) is 17.0 Å². The van der Waals surface area contributed by atoms with Crippen molar-refractivity contribution in [3.63, 3.8) is 0 Å². The maximum atomic E-state index is 9.02. The topological polar surface area (TPSA) is 75.3 Å². The van der Waals surface area contributed by atoms with Crippen LogP contribution in [0.15, 0.2) is 115 Å². The lowest BCUT2D eigenvalue weighted by molar-refractivity contribution is 0.456. The Kier molecular flexibility index (Phi) is 5.55. The molecule has 0 bridgehead atoms. The molecule has 0 unspecified atom stereocenters. The SMILES string of the molecule is N#COc1ccc2c3c(ccc2c1)Oc1ccc2cc(OC#N)ccc2c1C3c1ccc(-c2ccccc2)cc1. The van der Waals surface area contributed by atoms with E-state index in [0.717, 1.165) is 60.9 Å². The summed E-state index contributed by atoms with van der Waals surface area (Å²) in [5, 5.41) is 22.0. The van der Waals surface area contributed by atoms with E-state index in [9.17, 15) is 0 Å². The van der Waals surface area contributed by atoms with Crippen LogP contribution in [0.1, 0.15) is 22.6 Å². The van der Waals surface area contributed by atoms with Gasteiger partial charge in [-0.25, -0.2) is 0 Å². The summed E-state index contributed by atoms with van der Waals surface area (Å²) < 4.78 is 16.7. The summed E-state index contributed by atoms with van der Waals surface area (Å²) in [6.07, 6.45) is 3.51. The quantitative estimate of drug-likeness (QED) is 0.219. The van der Waals surface area contributed by atoms with Crippen LogP contribution in [0.4, 0.5) is 0 Å². The van der Waals surface area contributed by atoms with Gasteiger partial charge in [0.05, 0.1) is 0 Å². The molecule has 5 heteroatoms. The second-order valence-electron chi connectivity index (χ2n) is 9.63. The average Bonchev–Trinajstić information content (AvgIpc) is 3.00. The number of hydrogen-bond donors (Lipinski definition) is 0. The molecule has 7 rings (SSSR count). The van der Waals surface area contributed by atoms with E-state index >= 15 is 0 Å². The van der Waals surface area contributed by atoms with Crippen LogP contribution < -0.4 is 14.2 Å². The number of nitriles is 2. The van der Waals surface area contributed by atoms with Crippen molar-refractivity contribution < 1.29 is 14.2 Å².